The Kier molecular flexibility index (Phi) is 3.25. The number of aromatic amines is 1. The van der Waals surface area contributed by atoms with Gasteiger partial charge in [-0.1, -0.05) is 18.2 Å². The van der Waals surface area contributed by atoms with E-state index in [0.29, 0.717) is 19.6 Å². The molecular formula is C18H22N2O3. The van der Waals surface area contributed by atoms with E-state index in [1.807, 2.05) is 43.1 Å². The van der Waals surface area contributed by atoms with Gasteiger partial charge in [0.1, 0.15) is 0 Å². The Bertz CT molecular complexity index is 732. The molecule has 2 aromatic rings. The van der Waals surface area contributed by atoms with E-state index < -0.39 is 5.79 Å². The fourth-order valence-corrected chi connectivity index (χ4v) is 3.41. The molecule has 5 nitrogen and oxygen atoms in total. The van der Waals surface area contributed by atoms with Gasteiger partial charge in [0.2, 0.25) is 5.91 Å². The van der Waals surface area contributed by atoms with Crippen LogP contribution in [0, 0.1) is 5.41 Å². The number of aromatic nitrogens is 1. The van der Waals surface area contributed by atoms with E-state index in [2.05, 4.69) is 11.1 Å². The molecule has 122 valence electrons. The molecule has 2 saturated heterocycles. The van der Waals surface area contributed by atoms with Crippen LogP contribution in [0.1, 0.15) is 19.4 Å². The van der Waals surface area contributed by atoms with Crippen LogP contribution in [-0.2, 0) is 20.7 Å². The van der Waals surface area contributed by atoms with E-state index in [1.54, 1.807) is 0 Å². The zero-order valence-electron chi connectivity index (χ0n) is 13.6. The topological polar surface area (TPSA) is 54.6 Å². The Balaban J connectivity index is 1.38. The maximum atomic E-state index is 12.5. The molecule has 4 rings (SSSR count). The number of rotatable bonds is 2. The molecule has 1 amide bonds. The first-order chi connectivity index (χ1) is 11.0. The molecule has 3 heterocycles. The molecule has 2 aliphatic heterocycles. The lowest BCUT2D eigenvalue weighted by Crippen LogP contribution is -2.66. The van der Waals surface area contributed by atoms with E-state index in [4.69, 9.17) is 9.47 Å². The molecule has 1 aromatic carbocycles. The van der Waals surface area contributed by atoms with Crippen molar-refractivity contribution in [1.82, 2.24) is 9.88 Å². The highest BCUT2D eigenvalue weighted by Gasteiger charge is 2.49. The molecule has 2 aliphatic rings. The average molecular weight is 314 g/mol. The number of benzene rings is 1. The number of hydrogen-bond donors (Lipinski definition) is 1. The summed E-state index contributed by atoms with van der Waals surface area (Å²) in [5.74, 6) is -0.329. The highest BCUT2D eigenvalue weighted by atomic mass is 16.7. The van der Waals surface area contributed by atoms with Crippen molar-refractivity contribution < 1.29 is 14.3 Å². The first kappa shape index (κ1) is 14.7. The zero-order valence-corrected chi connectivity index (χ0v) is 13.6. The lowest BCUT2D eigenvalue weighted by Gasteiger charge is -2.54. The van der Waals surface area contributed by atoms with Crippen LogP contribution in [0.15, 0.2) is 30.5 Å². The third-order valence-corrected chi connectivity index (χ3v) is 4.87. The Morgan fingerprint density at radius 2 is 1.91 bits per heavy atom. The van der Waals surface area contributed by atoms with Crippen LogP contribution in [0.3, 0.4) is 0 Å². The summed E-state index contributed by atoms with van der Waals surface area (Å²) in [7, 11) is 0. The van der Waals surface area contributed by atoms with Gasteiger partial charge in [0.05, 0.1) is 25.0 Å². The lowest BCUT2D eigenvalue weighted by molar-refractivity contribution is -0.302. The second-order valence-electron chi connectivity index (χ2n) is 7.26. The molecule has 2 fully saturated rings. The summed E-state index contributed by atoms with van der Waals surface area (Å²) in [6, 6.07) is 8.08. The Morgan fingerprint density at radius 1 is 1.22 bits per heavy atom. The second-order valence-corrected chi connectivity index (χ2v) is 7.26. The van der Waals surface area contributed by atoms with Gasteiger partial charge in [0.15, 0.2) is 5.79 Å². The zero-order chi connectivity index (χ0) is 16.1. The first-order valence-electron chi connectivity index (χ1n) is 8.07. The SMILES string of the molecule is CC1(C)OCC2(CO1)CN(C(=O)Cc1c[nH]c3ccccc13)C2. The van der Waals surface area contributed by atoms with Crippen molar-refractivity contribution in [2.45, 2.75) is 26.1 Å². The minimum Gasteiger partial charge on any atom is -0.361 e. The quantitative estimate of drug-likeness (QED) is 0.925. The molecule has 1 spiro atoms. The van der Waals surface area contributed by atoms with Crippen molar-refractivity contribution in [3.05, 3.63) is 36.0 Å². The van der Waals surface area contributed by atoms with E-state index in [9.17, 15) is 4.79 Å². The molecular weight excluding hydrogens is 292 g/mol. The summed E-state index contributed by atoms with van der Waals surface area (Å²) in [4.78, 5) is 17.7. The Labute approximate surface area is 135 Å². The first-order valence-corrected chi connectivity index (χ1v) is 8.07. The molecule has 0 radical (unpaired) electrons. The number of nitrogens with one attached hydrogen (secondary N) is 1. The number of carbonyl (C=O) groups excluding carboxylic acids is 1. The van der Waals surface area contributed by atoms with Crippen LogP contribution in [-0.4, -0.2) is 47.9 Å². The number of carbonyl (C=O) groups is 1. The van der Waals surface area contributed by atoms with Gasteiger partial charge in [-0.3, -0.25) is 4.79 Å². The van der Waals surface area contributed by atoms with E-state index >= 15 is 0 Å². The standard InChI is InChI=1S/C18H22N2O3/c1-17(2)22-11-18(12-23-17)9-20(10-18)16(21)7-13-8-19-15-6-4-3-5-14(13)15/h3-6,8,19H,7,9-12H2,1-2H3. The van der Waals surface area contributed by atoms with Gasteiger partial charge in [0.25, 0.3) is 0 Å². The predicted octanol–water partition coefficient (Wildman–Crippen LogP) is 2.32. The van der Waals surface area contributed by atoms with Crippen molar-refractivity contribution in [3.8, 4) is 0 Å². The van der Waals surface area contributed by atoms with Gasteiger partial charge in [-0.05, 0) is 25.5 Å². The molecule has 0 aliphatic carbocycles. The summed E-state index contributed by atoms with van der Waals surface area (Å²) in [6.07, 6.45) is 2.38. The van der Waals surface area contributed by atoms with Crippen molar-refractivity contribution in [3.63, 3.8) is 0 Å². The Morgan fingerprint density at radius 3 is 2.65 bits per heavy atom. The molecule has 23 heavy (non-hydrogen) atoms. The van der Waals surface area contributed by atoms with Gasteiger partial charge in [-0.15, -0.1) is 0 Å². The molecule has 1 aromatic heterocycles. The highest BCUT2D eigenvalue weighted by Crippen LogP contribution is 2.37. The molecule has 0 bridgehead atoms. The molecule has 0 saturated carbocycles. The van der Waals surface area contributed by atoms with Gasteiger partial charge >= 0.3 is 0 Å². The number of para-hydroxylation sites is 1. The smallest absolute Gasteiger partial charge is 0.227 e. The third-order valence-electron chi connectivity index (χ3n) is 4.87. The fourth-order valence-electron chi connectivity index (χ4n) is 3.41. The van der Waals surface area contributed by atoms with Crippen molar-refractivity contribution in [2.75, 3.05) is 26.3 Å². The summed E-state index contributed by atoms with van der Waals surface area (Å²) >= 11 is 0. The van der Waals surface area contributed by atoms with E-state index in [-0.39, 0.29) is 11.3 Å². The van der Waals surface area contributed by atoms with E-state index in [0.717, 1.165) is 29.6 Å². The normalized spacial score (nSPS) is 22.3. The molecule has 1 N–H and O–H groups in total. The number of H-pyrrole nitrogens is 1. The molecule has 5 heteroatoms. The molecule has 0 atom stereocenters. The van der Waals surface area contributed by atoms with Crippen molar-refractivity contribution in [2.24, 2.45) is 5.41 Å². The van der Waals surface area contributed by atoms with E-state index in [1.165, 1.54) is 0 Å². The van der Waals surface area contributed by atoms with Gasteiger partial charge < -0.3 is 19.4 Å². The minimum absolute atomic E-state index is 0.00854. The summed E-state index contributed by atoms with van der Waals surface area (Å²) < 4.78 is 11.5. The maximum Gasteiger partial charge on any atom is 0.227 e. The number of ether oxygens (including phenoxy) is 2. The van der Waals surface area contributed by atoms with Crippen LogP contribution in [0.2, 0.25) is 0 Å². The largest absolute Gasteiger partial charge is 0.361 e. The highest BCUT2D eigenvalue weighted by molar-refractivity contribution is 5.89. The predicted molar refractivity (Wildman–Crippen MR) is 87.0 cm³/mol. The van der Waals surface area contributed by atoms with Gasteiger partial charge in [-0.25, -0.2) is 0 Å². The number of nitrogens with zero attached hydrogens (tertiary/aromatic N) is 1. The van der Waals surface area contributed by atoms with Crippen LogP contribution >= 0.6 is 0 Å². The molecule has 0 unspecified atom stereocenters. The maximum absolute atomic E-state index is 12.5. The second kappa shape index (κ2) is 5.08. The minimum atomic E-state index is -0.500. The lowest BCUT2D eigenvalue weighted by atomic mass is 9.80. The monoisotopic (exact) mass is 314 g/mol. The van der Waals surface area contributed by atoms with Crippen LogP contribution in [0.4, 0.5) is 0 Å². The average Bonchev–Trinajstić information content (AvgIpc) is 2.89. The third kappa shape index (κ3) is 2.64. The van der Waals surface area contributed by atoms with Gasteiger partial charge in [-0.2, -0.15) is 0 Å². The fraction of sp³-hybridized carbons (Fsp3) is 0.500. The summed E-state index contributed by atoms with van der Waals surface area (Å²) in [5, 5.41) is 1.13. The number of likely N-dealkylation sites (tertiary alicyclic amines) is 1. The van der Waals surface area contributed by atoms with Crippen LogP contribution < -0.4 is 0 Å². The van der Waals surface area contributed by atoms with Gasteiger partial charge in [0, 0.05) is 30.2 Å². The van der Waals surface area contributed by atoms with Crippen molar-refractivity contribution >= 4 is 16.8 Å². The number of hydrogen-bond acceptors (Lipinski definition) is 3. The van der Waals surface area contributed by atoms with Crippen LogP contribution in [0.25, 0.3) is 10.9 Å². The number of amides is 1. The Hall–Kier alpha value is -1.85. The summed E-state index contributed by atoms with van der Waals surface area (Å²) in [6.45, 7) is 6.64. The number of fused-ring (bicyclic) bond motifs is 1. The van der Waals surface area contributed by atoms with Crippen molar-refractivity contribution in [1.29, 1.82) is 0 Å². The summed E-state index contributed by atoms with van der Waals surface area (Å²) in [5.41, 5.74) is 2.13. The van der Waals surface area contributed by atoms with Crippen LogP contribution in [0.5, 0.6) is 0 Å².